The molecule has 0 aliphatic rings. The van der Waals surface area contributed by atoms with E-state index in [9.17, 15) is 8.42 Å². The molecular weight excluding hydrogens is 300 g/mol. The van der Waals surface area contributed by atoms with E-state index in [1.165, 1.54) is 0 Å². The molecule has 0 amide bonds. The van der Waals surface area contributed by atoms with Crippen molar-refractivity contribution in [2.75, 3.05) is 5.75 Å². The summed E-state index contributed by atoms with van der Waals surface area (Å²) < 4.78 is 21.4. The summed E-state index contributed by atoms with van der Waals surface area (Å²) in [6.07, 6.45) is 3.31. The first-order chi connectivity index (χ1) is 7.03. The van der Waals surface area contributed by atoms with Crippen LogP contribution >= 0.6 is 26.6 Å². The lowest BCUT2D eigenvalue weighted by molar-refractivity contribution is 0.612. The summed E-state index contributed by atoms with van der Waals surface area (Å²) in [4.78, 5) is 0. The zero-order chi connectivity index (χ0) is 11.3. The van der Waals surface area contributed by atoms with Crippen LogP contribution in [0.1, 0.15) is 11.1 Å². The first kappa shape index (κ1) is 12.7. The van der Waals surface area contributed by atoms with E-state index in [0.717, 1.165) is 16.5 Å². The number of rotatable bonds is 4. The topological polar surface area (TPSA) is 34.1 Å². The van der Waals surface area contributed by atoms with Crippen LogP contribution < -0.4 is 0 Å². The molecule has 0 radical (unpaired) electrons. The Morgan fingerprint density at radius 1 is 1.33 bits per heavy atom. The Kier molecular flexibility index (Phi) is 4.83. The van der Waals surface area contributed by atoms with E-state index < -0.39 is 9.05 Å². The summed E-state index contributed by atoms with van der Waals surface area (Å²) >= 11 is 3.36. The zero-order valence-electron chi connectivity index (χ0n) is 7.86. The Hall–Kier alpha value is -0.320. The van der Waals surface area contributed by atoms with E-state index in [0.29, 0.717) is 0 Å². The Bertz CT molecular complexity index is 454. The van der Waals surface area contributed by atoms with E-state index in [4.69, 9.17) is 10.7 Å². The van der Waals surface area contributed by atoms with Gasteiger partial charge in [0, 0.05) is 16.0 Å². The van der Waals surface area contributed by atoms with Crippen LogP contribution in [0.3, 0.4) is 0 Å². The smallest absolute Gasteiger partial charge is 0.212 e. The van der Waals surface area contributed by atoms with Crippen molar-refractivity contribution in [3.8, 4) is 0 Å². The molecule has 0 aliphatic heterocycles. The van der Waals surface area contributed by atoms with Crippen LogP contribution in [-0.4, -0.2) is 14.2 Å². The van der Waals surface area contributed by atoms with Gasteiger partial charge in [0.2, 0.25) is 9.05 Å². The molecule has 0 atom stereocenters. The maximum atomic E-state index is 10.7. The lowest BCUT2D eigenvalue weighted by Gasteiger charge is -2.00. The Labute approximate surface area is 103 Å². The minimum absolute atomic E-state index is 0.148. The van der Waals surface area contributed by atoms with E-state index >= 15 is 0 Å². The molecule has 0 aliphatic carbocycles. The molecule has 1 aromatic rings. The number of hydrogen-bond donors (Lipinski definition) is 0. The van der Waals surface area contributed by atoms with Gasteiger partial charge in [-0.2, -0.15) is 0 Å². The molecule has 0 aromatic heterocycles. The fourth-order valence-electron chi connectivity index (χ4n) is 1.11. The predicted octanol–water partition coefficient (Wildman–Crippen LogP) is 3.16. The molecule has 0 saturated heterocycles. The van der Waals surface area contributed by atoms with Crippen molar-refractivity contribution >= 4 is 41.7 Å². The van der Waals surface area contributed by atoms with Gasteiger partial charge in [0.1, 0.15) is 0 Å². The van der Waals surface area contributed by atoms with Crippen LogP contribution in [0, 0.1) is 0 Å². The van der Waals surface area contributed by atoms with Gasteiger partial charge in [-0.05, 0) is 11.1 Å². The fourth-order valence-corrected chi connectivity index (χ4v) is 2.16. The molecule has 1 aromatic carbocycles. The van der Waals surface area contributed by atoms with Crippen LogP contribution in [0.25, 0.3) is 6.08 Å². The lowest BCUT2D eigenvalue weighted by atomic mass is 10.1. The predicted molar refractivity (Wildman–Crippen MR) is 67.7 cm³/mol. The van der Waals surface area contributed by atoms with Crippen molar-refractivity contribution in [2.24, 2.45) is 0 Å². The van der Waals surface area contributed by atoms with Crippen molar-refractivity contribution < 1.29 is 8.42 Å². The average Bonchev–Trinajstić information content (AvgIpc) is 2.16. The van der Waals surface area contributed by atoms with Crippen LogP contribution in [0.2, 0.25) is 0 Å². The Balaban J connectivity index is 2.80. The molecule has 0 heterocycles. The number of alkyl halides is 1. The highest BCUT2D eigenvalue weighted by molar-refractivity contribution is 9.08. The first-order valence-corrected chi connectivity index (χ1v) is 7.85. The van der Waals surface area contributed by atoms with Gasteiger partial charge in [0.15, 0.2) is 0 Å². The molecule has 0 saturated carbocycles. The van der Waals surface area contributed by atoms with E-state index in [2.05, 4.69) is 15.9 Å². The third kappa shape index (κ3) is 4.82. The van der Waals surface area contributed by atoms with Gasteiger partial charge in [0.05, 0.1) is 5.75 Å². The standard InChI is InChI=1S/C10H10BrClO2S/c11-8-10-5-2-1-4-9(10)6-3-7-15(12,13)14/h1-6H,7-8H2. The fraction of sp³-hybridized carbons (Fsp3) is 0.200. The van der Waals surface area contributed by atoms with Gasteiger partial charge in [-0.1, -0.05) is 52.3 Å². The van der Waals surface area contributed by atoms with Gasteiger partial charge >= 0.3 is 0 Å². The Morgan fingerprint density at radius 2 is 2.00 bits per heavy atom. The van der Waals surface area contributed by atoms with Crippen molar-refractivity contribution in [1.29, 1.82) is 0 Å². The van der Waals surface area contributed by atoms with Crippen molar-refractivity contribution in [2.45, 2.75) is 5.33 Å². The number of hydrogen-bond acceptors (Lipinski definition) is 2. The Morgan fingerprint density at radius 3 is 2.60 bits per heavy atom. The average molecular weight is 310 g/mol. The number of benzene rings is 1. The normalized spacial score (nSPS) is 12.1. The molecule has 82 valence electrons. The minimum atomic E-state index is -3.44. The van der Waals surface area contributed by atoms with Gasteiger partial charge in [0.25, 0.3) is 0 Å². The molecule has 0 spiro atoms. The summed E-state index contributed by atoms with van der Waals surface area (Å²) in [5.41, 5.74) is 2.11. The van der Waals surface area contributed by atoms with Crippen LogP contribution in [0.5, 0.6) is 0 Å². The molecule has 5 heteroatoms. The van der Waals surface area contributed by atoms with Crippen LogP contribution in [0.4, 0.5) is 0 Å². The summed E-state index contributed by atoms with van der Waals surface area (Å²) in [5.74, 6) is -0.148. The van der Waals surface area contributed by atoms with Crippen LogP contribution in [0.15, 0.2) is 30.3 Å². The molecule has 0 fully saturated rings. The third-order valence-electron chi connectivity index (χ3n) is 1.79. The molecule has 15 heavy (non-hydrogen) atoms. The van der Waals surface area contributed by atoms with Gasteiger partial charge in [-0.25, -0.2) is 8.42 Å². The summed E-state index contributed by atoms with van der Waals surface area (Å²) in [6, 6.07) is 7.74. The second-order valence-electron chi connectivity index (χ2n) is 2.94. The largest absolute Gasteiger partial charge is 0.236 e. The number of halogens is 2. The summed E-state index contributed by atoms with van der Waals surface area (Å²) in [7, 11) is 1.64. The van der Waals surface area contributed by atoms with E-state index in [1.54, 1.807) is 12.2 Å². The quantitative estimate of drug-likeness (QED) is 0.632. The van der Waals surface area contributed by atoms with Gasteiger partial charge in [-0.3, -0.25) is 0 Å². The highest BCUT2D eigenvalue weighted by atomic mass is 79.9. The molecule has 0 bridgehead atoms. The highest BCUT2D eigenvalue weighted by Gasteiger charge is 2.01. The van der Waals surface area contributed by atoms with Gasteiger partial charge in [-0.15, -0.1) is 0 Å². The maximum Gasteiger partial charge on any atom is 0.236 e. The first-order valence-electron chi connectivity index (χ1n) is 4.25. The van der Waals surface area contributed by atoms with Gasteiger partial charge < -0.3 is 0 Å². The second kappa shape index (κ2) is 5.68. The zero-order valence-corrected chi connectivity index (χ0v) is 11.0. The lowest BCUT2D eigenvalue weighted by Crippen LogP contribution is -1.92. The molecule has 1 rings (SSSR count). The molecule has 0 N–H and O–H groups in total. The van der Waals surface area contributed by atoms with Crippen LogP contribution in [-0.2, 0) is 14.4 Å². The summed E-state index contributed by atoms with van der Waals surface area (Å²) in [6.45, 7) is 0. The van der Waals surface area contributed by atoms with Crippen molar-refractivity contribution in [1.82, 2.24) is 0 Å². The van der Waals surface area contributed by atoms with E-state index in [1.807, 2.05) is 24.3 Å². The maximum absolute atomic E-state index is 10.7. The van der Waals surface area contributed by atoms with Crippen molar-refractivity contribution in [3.05, 3.63) is 41.5 Å². The monoisotopic (exact) mass is 308 g/mol. The third-order valence-corrected chi connectivity index (χ3v) is 3.36. The van der Waals surface area contributed by atoms with Crippen molar-refractivity contribution in [3.63, 3.8) is 0 Å². The molecule has 0 unspecified atom stereocenters. The summed E-state index contributed by atoms with van der Waals surface area (Å²) in [5, 5.41) is 0.737. The second-order valence-corrected chi connectivity index (χ2v) is 6.32. The molecule has 2 nitrogen and oxygen atoms in total. The minimum Gasteiger partial charge on any atom is -0.212 e. The van der Waals surface area contributed by atoms with E-state index in [-0.39, 0.29) is 5.75 Å². The highest BCUT2D eigenvalue weighted by Crippen LogP contribution is 2.14. The SMILES string of the molecule is O=S(=O)(Cl)CC=Cc1ccccc1CBr. The molecular formula is C10H10BrClO2S.